The van der Waals surface area contributed by atoms with Crippen LogP contribution in [0.4, 0.5) is 15.8 Å². The summed E-state index contributed by atoms with van der Waals surface area (Å²) in [5, 5.41) is 14.0. The first-order chi connectivity index (χ1) is 14.4. The second-order valence-corrected chi connectivity index (χ2v) is 7.85. The first-order valence-corrected chi connectivity index (χ1v) is 9.86. The van der Waals surface area contributed by atoms with Crippen molar-refractivity contribution in [3.63, 3.8) is 0 Å². The van der Waals surface area contributed by atoms with E-state index < -0.39 is 11.6 Å². The van der Waals surface area contributed by atoms with Crippen LogP contribution in [-0.4, -0.2) is 29.1 Å². The molecule has 152 valence electrons. The van der Waals surface area contributed by atoms with Gasteiger partial charge >= 0.3 is 0 Å². The zero-order valence-corrected chi connectivity index (χ0v) is 17.4. The van der Waals surface area contributed by atoms with Crippen molar-refractivity contribution in [2.45, 2.75) is 6.54 Å². The zero-order chi connectivity index (χ0) is 21.3. The summed E-state index contributed by atoms with van der Waals surface area (Å²) in [5.74, 6) is -1.29. The van der Waals surface area contributed by atoms with Crippen LogP contribution >= 0.6 is 11.6 Å². The summed E-state index contributed by atoms with van der Waals surface area (Å²) in [7, 11) is 4.08. The molecule has 0 saturated heterocycles. The molecule has 0 spiro atoms. The summed E-state index contributed by atoms with van der Waals surface area (Å²) in [6, 6.07) is 18.7. The minimum Gasteiger partial charge on any atom is -0.504 e. The molecule has 0 aliphatic carbocycles. The average molecular weight is 422 g/mol. The lowest BCUT2D eigenvalue weighted by Crippen LogP contribution is -2.10. The van der Waals surface area contributed by atoms with Gasteiger partial charge < -0.3 is 15.3 Å². The van der Waals surface area contributed by atoms with E-state index in [1.165, 1.54) is 11.6 Å². The van der Waals surface area contributed by atoms with Gasteiger partial charge in [0, 0.05) is 29.5 Å². The third-order valence-electron chi connectivity index (χ3n) is 4.80. The van der Waals surface area contributed by atoms with Gasteiger partial charge in [0.2, 0.25) is 0 Å². The molecule has 4 aromatic rings. The van der Waals surface area contributed by atoms with E-state index in [0.29, 0.717) is 5.56 Å². The maximum Gasteiger partial charge on any atom is 0.170 e. The predicted octanol–water partition coefficient (Wildman–Crippen LogP) is 6.21. The number of benzene rings is 3. The van der Waals surface area contributed by atoms with Gasteiger partial charge in [0.25, 0.3) is 0 Å². The van der Waals surface area contributed by atoms with E-state index in [-0.39, 0.29) is 5.02 Å². The topological polar surface area (TPSA) is 48.4 Å². The first-order valence-electron chi connectivity index (χ1n) is 9.48. The van der Waals surface area contributed by atoms with Gasteiger partial charge in [-0.15, -0.1) is 0 Å². The van der Waals surface area contributed by atoms with Crippen molar-refractivity contribution in [3.05, 3.63) is 83.3 Å². The van der Waals surface area contributed by atoms with Crippen LogP contribution in [0.2, 0.25) is 5.02 Å². The number of phenolic OH excluding ortho intramolecular Hbond substituents is 1. The van der Waals surface area contributed by atoms with Crippen molar-refractivity contribution in [2.24, 2.45) is 0 Å². The molecule has 4 nitrogen and oxygen atoms in total. The molecule has 6 heteroatoms. The van der Waals surface area contributed by atoms with E-state index in [1.807, 2.05) is 50.5 Å². The van der Waals surface area contributed by atoms with Gasteiger partial charge in [0.1, 0.15) is 0 Å². The summed E-state index contributed by atoms with van der Waals surface area (Å²) in [6.07, 6.45) is 1.76. The van der Waals surface area contributed by atoms with Gasteiger partial charge in [-0.3, -0.25) is 4.98 Å². The summed E-state index contributed by atoms with van der Waals surface area (Å²) in [4.78, 5) is 6.56. The molecule has 0 aliphatic heterocycles. The lowest BCUT2D eigenvalue weighted by atomic mass is 10.0. The predicted molar refractivity (Wildman–Crippen MR) is 121 cm³/mol. The van der Waals surface area contributed by atoms with Crippen LogP contribution in [0.15, 0.2) is 66.9 Å². The number of phenols is 1. The lowest BCUT2D eigenvalue weighted by Gasteiger charge is -2.14. The number of pyridine rings is 1. The zero-order valence-electron chi connectivity index (χ0n) is 16.7. The van der Waals surface area contributed by atoms with E-state index in [9.17, 15) is 9.50 Å². The van der Waals surface area contributed by atoms with E-state index in [1.54, 1.807) is 12.3 Å². The monoisotopic (exact) mass is 421 g/mol. The molecule has 4 rings (SSSR count). The Kier molecular flexibility index (Phi) is 5.57. The molecule has 0 aliphatic rings. The van der Waals surface area contributed by atoms with Crippen molar-refractivity contribution in [3.8, 4) is 16.9 Å². The standard InChI is InChI=1S/C24H21ClFN3O/c1-29(2)14-15-4-3-5-18(10-15)28-23-8-9-27-22-7-6-16(11-19(22)23)17-12-20(25)24(30)21(26)13-17/h3-13,30H,14H2,1-2H3,(H,27,28). The van der Waals surface area contributed by atoms with Crippen molar-refractivity contribution >= 4 is 33.9 Å². The largest absolute Gasteiger partial charge is 0.504 e. The minimum absolute atomic E-state index is 0.0210. The van der Waals surface area contributed by atoms with E-state index >= 15 is 0 Å². The molecular weight excluding hydrogens is 401 g/mol. The average Bonchev–Trinajstić information content (AvgIpc) is 2.71. The quantitative estimate of drug-likeness (QED) is 0.402. The molecule has 0 amide bonds. The summed E-state index contributed by atoms with van der Waals surface area (Å²) < 4.78 is 14.0. The van der Waals surface area contributed by atoms with Crippen LogP contribution < -0.4 is 5.32 Å². The molecule has 1 aromatic heterocycles. The number of rotatable bonds is 5. The third kappa shape index (κ3) is 4.22. The molecule has 30 heavy (non-hydrogen) atoms. The molecule has 0 fully saturated rings. The summed E-state index contributed by atoms with van der Waals surface area (Å²) in [6.45, 7) is 0.851. The second-order valence-electron chi connectivity index (χ2n) is 7.44. The van der Waals surface area contributed by atoms with Crippen molar-refractivity contribution in [2.75, 3.05) is 19.4 Å². The highest BCUT2D eigenvalue weighted by Crippen LogP contribution is 2.35. The van der Waals surface area contributed by atoms with Crippen LogP contribution in [-0.2, 0) is 6.54 Å². The highest BCUT2D eigenvalue weighted by Gasteiger charge is 2.11. The Morgan fingerprint density at radius 1 is 1.03 bits per heavy atom. The minimum atomic E-state index is -0.750. The van der Waals surface area contributed by atoms with Crippen LogP contribution in [0, 0.1) is 5.82 Å². The Hall–Kier alpha value is -3.15. The van der Waals surface area contributed by atoms with Crippen molar-refractivity contribution in [1.82, 2.24) is 9.88 Å². The molecule has 1 heterocycles. The van der Waals surface area contributed by atoms with Gasteiger partial charge in [-0.25, -0.2) is 4.39 Å². The lowest BCUT2D eigenvalue weighted by molar-refractivity contribution is 0.402. The van der Waals surface area contributed by atoms with Crippen LogP contribution in [0.25, 0.3) is 22.0 Å². The smallest absolute Gasteiger partial charge is 0.170 e. The van der Waals surface area contributed by atoms with Gasteiger partial charge in [0.15, 0.2) is 11.6 Å². The number of hydrogen-bond acceptors (Lipinski definition) is 4. The Labute approximate surface area is 179 Å². The van der Waals surface area contributed by atoms with Crippen LogP contribution in [0.5, 0.6) is 5.75 Å². The number of nitrogens with zero attached hydrogens (tertiary/aromatic N) is 2. The normalized spacial score (nSPS) is 11.2. The van der Waals surface area contributed by atoms with E-state index in [2.05, 4.69) is 27.3 Å². The Bertz CT molecular complexity index is 1200. The van der Waals surface area contributed by atoms with Gasteiger partial charge in [0.05, 0.1) is 10.5 Å². The molecule has 3 aromatic carbocycles. The molecule has 0 unspecified atom stereocenters. The molecule has 0 saturated carbocycles. The molecule has 0 radical (unpaired) electrons. The Morgan fingerprint density at radius 2 is 1.87 bits per heavy atom. The number of aromatic nitrogens is 1. The number of aromatic hydroxyl groups is 1. The van der Waals surface area contributed by atoms with Crippen LogP contribution in [0.1, 0.15) is 5.56 Å². The summed E-state index contributed by atoms with van der Waals surface area (Å²) in [5.41, 5.74) is 5.26. The fraction of sp³-hybridized carbons (Fsp3) is 0.125. The maximum atomic E-state index is 14.0. The number of nitrogens with one attached hydrogen (secondary N) is 1. The highest BCUT2D eigenvalue weighted by molar-refractivity contribution is 6.32. The second kappa shape index (κ2) is 8.30. The van der Waals surface area contributed by atoms with Gasteiger partial charge in [-0.1, -0.05) is 29.8 Å². The van der Waals surface area contributed by atoms with Gasteiger partial charge in [-0.05, 0) is 73.3 Å². The SMILES string of the molecule is CN(C)Cc1cccc(Nc2ccnc3ccc(-c4cc(F)c(O)c(Cl)c4)cc23)c1. The van der Waals surface area contributed by atoms with E-state index in [0.717, 1.165) is 34.4 Å². The van der Waals surface area contributed by atoms with Gasteiger partial charge in [-0.2, -0.15) is 0 Å². The number of anilines is 2. The Morgan fingerprint density at radius 3 is 2.63 bits per heavy atom. The third-order valence-corrected chi connectivity index (χ3v) is 5.08. The summed E-state index contributed by atoms with van der Waals surface area (Å²) >= 11 is 5.96. The molecular formula is C24H21ClFN3O. The Balaban J connectivity index is 1.74. The fourth-order valence-corrected chi connectivity index (χ4v) is 3.64. The molecule has 2 N–H and O–H groups in total. The van der Waals surface area contributed by atoms with Crippen molar-refractivity contribution in [1.29, 1.82) is 0 Å². The number of fused-ring (bicyclic) bond motifs is 1. The molecule has 0 bridgehead atoms. The first kappa shape index (κ1) is 20.1. The fourth-order valence-electron chi connectivity index (χ4n) is 3.44. The number of halogens is 2. The van der Waals surface area contributed by atoms with E-state index in [4.69, 9.17) is 11.6 Å². The van der Waals surface area contributed by atoms with Crippen LogP contribution in [0.3, 0.4) is 0 Å². The number of hydrogen-bond donors (Lipinski definition) is 2. The van der Waals surface area contributed by atoms with Crippen molar-refractivity contribution < 1.29 is 9.50 Å². The highest BCUT2D eigenvalue weighted by atomic mass is 35.5. The maximum absolute atomic E-state index is 14.0. The molecule has 0 atom stereocenters.